The van der Waals surface area contributed by atoms with Crippen molar-refractivity contribution in [2.75, 3.05) is 6.61 Å². The number of hydrogen-bond donors (Lipinski definition) is 0. The van der Waals surface area contributed by atoms with Crippen molar-refractivity contribution in [1.82, 2.24) is 4.98 Å². The van der Waals surface area contributed by atoms with Crippen LogP contribution in [0.5, 0.6) is 0 Å². The highest BCUT2D eigenvalue weighted by Crippen LogP contribution is 2.32. The number of halogens is 2. The van der Waals surface area contributed by atoms with E-state index in [1.54, 1.807) is 6.07 Å². The van der Waals surface area contributed by atoms with Crippen LogP contribution in [0.15, 0.2) is 16.7 Å². The van der Waals surface area contributed by atoms with Crippen molar-refractivity contribution in [2.45, 2.75) is 6.10 Å². The first kappa shape index (κ1) is 7.18. The molecule has 58 valence electrons. The molecule has 0 aromatic carbocycles. The normalized spacial score (nSPS) is 21.8. The lowest BCUT2D eigenvalue weighted by Gasteiger charge is -1.96. The molecule has 2 nitrogen and oxygen atoms in total. The zero-order valence-corrected chi connectivity index (χ0v) is 7.14. The zero-order chi connectivity index (χ0) is 7.84. The van der Waals surface area contributed by atoms with Gasteiger partial charge in [0.2, 0.25) is 5.95 Å². The molecule has 0 aliphatic carbocycles. The van der Waals surface area contributed by atoms with E-state index in [4.69, 9.17) is 4.74 Å². The van der Waals surface area contributed by atoms with Gasteiger partial charge < -0.3 is 4.74 Å². The van der Waals surface area contributed by atoms with Crippen molar-refractivity contribution in [3.05, 3.63) is 28.2 Å². The van der Waals surface area contributed by atoms with Crippen LogP contribution in [0.3, 0.4) is 0 Å². The van der Waals surface area contributed by atoms with E-state index in [2.05, 4.69) is 20.9 Å². The van der Waals surface area contributed by atoms with Crippen molar-refractivity contribution in [3.8, 4) is 0 Å². The molecule has 0 bridgehead atoms. The maximum absolute atomic E-state index is 12.8. The summed E-state index contributed by atoms with van der Waals surface area (Å²) in [4.78, 5) is 3.55. The molecular formula is C7H5BrFNO. The van der Waals surface area contributed by atoms with Crippen molar-refractivity contribution < 1.29 is 9.13 Å². The summed E-state index contributed by atoms with van der Waals surface area (Å²) in [5.41, 5.74) is 0.541. The maximum atomic E-state index is 12.8. The van der Waals surface area contributed by atoms with Gasteiger partial charge in [0.25, 0.3) is 0 Å². The van der Waals surface area contributed by atoms with Crippen molar-refractivity contribution >= 4 is 15.9 Å². The van der Waals surface area contributed by atoms with Crippen LogP contribution in [0.4, 0.5) is 4.39 Å². The Morgan fingerprint density at radius 1 is 1.73 bits per heavy atom. The topological polar surface area (TPSA) is 25.4 Å². The van der Waals surface area contributed by atoms with Gasteiger partial charge in [-0.3, -0.25) is 0 Å². The number of hydrogen-bond acceptors (Lipinski definition) is 2. The van der Waals surface area contributed by atoms with Gasteiger partial charge in [0.1, 0.15) is 6.10 Å². The second-order valence-electron chi connectivity index (χ2n) is 2.36. The van der Waals surface area contributed by atoms with Crippen LogP contribution in [-0.4, -0.2) is 11.6 Å². The molecule has 1 aliphatic heterocycles. The van der Waals surface area contributed by atoms with Gasteiger partial charge in [0.05, 0.1) is 6.61 Å². The lowest BCUT2D eigenvalue weighted by atomic mass is 10.2. The second kappa shape index (κ2) is 2.53. The van der Waals surface area contributed by atoms with Crippen molar-refractivity contribution in [2.24, 2.45) is 0 Å². The zero-order valence-electron chi connectivity index (χ0n) is 5.55. The fourth-order valence-corrected chi connectivity index (χ4v) is 1.24. The van der Waals surface area contributed by atoms with Gasteiger partial charge in [-0.05, 0) is 22.0 Å². The molecule has 0 N–H and O–H groups in total. The number of pyridine rings is 1. The van der Waals surface area contributed by atoms with Gasteiger partial charge in [-0.2, -0.15) is 4.39 Å². The van der Waals surface area contributed by atoms with E-state index in [9.17, 15) is 4.39 Å². The smallest absolute Gasteiger partial charge is 0.218 e. The number of rotatable bonds is 1. The molecule has 2 heterocycles. The Morgan fingerprint density at radius 3 is 3.09 bits per heavy atom. The van der Waals surface area contributed by atoms with Gasteiger partial charge in [-0.1, -0.05) is 0 Å². The molecule has 1 saturated heterocycles. The second-order valence-corrected chi connectivity index (χ2v) is 3.27. The Morgan fingerprint density at radius 2 is 2.45 bits per heavy atom. The van der Waals surface area contributed by atoms with Crippen LogP contribution in [0.25, 0.3) is 0 Å². The molecule has 0 radical (unpaired) electrons. The summed E-state index contributed by atoms with van der Waals surface area (Å²) in [7, 11) is 0. The predicted octanol–water partition coefficient (Wildman–Crippen LogP) is 2.05. The third-order valence-corrected chi connectivity index (χ3v) is 1.95. The van der Waals surface area contributed by atoms with Crippen LogP contribution in [-0.2, 0) is 4.74 Å². The molecule has 11 heavy (non-hydrogen) atoms. The van der Waals surface area contributed by atoms with Crippen molar-refractivity contribution in [1.29, 1.82) is 0 Å². The largest absolute Gasteiger partial charge is 0.368 e. The first-order valence-electron chi connectivity index (χ1n) is 3.20. The number of ether oxygens (including phenoxy) is 1. The van der Waals surface area contributed by atoms with E-state index in [0.717, 1.165) is 4.47 Å². The number of aromatic nitrogens is 1. The van der Waals surface area contributed by atoms with Crippen LogP contribution in [0, 0.1) is 5.95 Å². The minimum Gasteiger partial charge on any atom is -0.368 e. The average molecular weight is 218 g/mol. The fraction of sp³-hybridized carbons (Fsp3) is 0.286. The lowest BCUT2D eigenvalue weighted by molar-refractivity contribution is 0.404. The van der Waals surface area contributed by atoms with Crippen LogP contribution >= 0.6 is 15.9 Å². The minimum absolute atomic E-state index is 0.0694. The summed E-state index contributed by atoms with van der Waals surface area (Å²) in [5.74, 6) is -0.435. The average Bonchev–Trinajstić information content (AvgIpc) is 2.76. The molecule has 1 atom stereocenters. The standard InChI is InChI=1S/C7H5BrFNO/c8-4-1-5(6-3-11-6)7(9)10-2-4/h1-2,6H,3H2. The SMILES string of the molecule is Fc1ncc(Br)cc1C1CO1. The Hall–Kier alpha value is -0.480. The fourth-order valence-electron chi connectivity index (χ4n) is 0.892. The summed E-state index contributed by atoms with van der Waals surface area (Å²) in [6, 6.07) is 1.69. The van der Waals surface area contributed by atoms with Gasteiger partial charge in [0.15, 0.2) is 0 Å². The Bertz CT molecular complexity index is 288. The molecule has 1 aromatic rings. The third kappa shape index (κ3) is 1.41. The van der Waals surface area contributed by atoms with E-state index in [-0.39, 0.29) is 6.10 Å². The molecule has 1 fully saturated rings. The lowest BCUT2D eigenvalue weighted by Crippen LogP contribution is -1.91. The molecule has 0 saturated carbocycles. The summed E-state index contributed by atoms with van der Waals surface area (Å²) in [6.45, 7) is 0.606. The first-order chi connectivity index (χ1) is 5.27. The Labute approximate surface area is 71.5 Å². The van der Waals surface area contributed by atoms with Gasteiger partial charge in [-0.25, -0.2) is 4.98 Å². The van der Waals surface area contributed by atoms with E-state index in [0.29, 0.717) is 12.2 Å². The predicted molar refractivity (Wildman–Crippen MR) is 40.6 cm³/mol. The summed E-state index contributed by atoms with van der Waals surface area (Å²) < 4.78 is 18.6. The van der Waals surface area contributed by atoms with Crippen LogP contribution in [0.2, 0.25) is 0 Å². The highest BCUT2D eigenvalue weighted by molar-refractivity contribution is 9.10. The van der Waals surface area contributed by atoms with E-state index in [1.807, 2.05) is 0 Å². The molecule has 2 rings (SSSR count). The van der Waals surface area contributed by atoms with Gasteiger partial charge in [0, 0.05) is 16.2 Å². The first-order valence-corrected chi connectivity index (χ1v) is 3.99. The third-order valence-electron chi connectivity index (χ3n) is 1.51. The molecule has 4 heteroatoms. The van der Waals surface area contributed by atoms with Crippen LogP contribution < -0.4 is 0 Å². The van der Waals surface area contributed by atoms with E-state index < -0.39 is 5.95 Å². The molecule has 1 unspecified atom stereocenters. The molecular weight excluding hydrogens is 213 g/mol. The van der Waals surface area contributed by atoms with Gasteiger partial charge >= 0.3 is 0 Å². The Kier molecular flexibility index (Phi) is 1.65. The maximum Gasteiger partial charge on any atom is 0.218 e. The Balaban J connectivity index is 2.42. The highest BCUT2D eigenvalue weighted by atomic mass is 79.9. The quantitative estimate of drug-likeness (QED) is 0.532. The molecule has 0 amide bonds. The summed E-state index contributed by atoms with van der Waals surface area (Å²) in [6.07, 6.45) is 1.36. The summed E-state index contributed by atoms with van der Waals surface area (Å²) >= 11 is 3.21. The molecule has 1 aliphatic rings. The number of epoxide rings is 1. The minimum atomic E-state index is -0.435. The van der Waals surface area contributed by atoms with Crippen molar-refractivity contribution in [3.63, 3.8) is 0 Å². The van der Waals surface area contributed by atoms with E-state index in [1.165, 1.54) is 6.20 Å². The molecule has 1 aromatic heterocycles. The van der Waals surface area contributed by atoms with E-state index >= 15 is 0 Å². The highest BCUT2D eigenvalue weighted by Gasteiger charge is 2.28. The monoisotopic (exact) mass is 217 g/mol. The van der Waals surface area contributed by atoms with Crippen LogP contribution in [0.1, 0.15) is 11.7 Å². The molecule has 0 spiro atoms. The number of nitrogens with zero attached hydrogens (tertiary/aromatic N) is 1. The van der Waals surface area contributed by atoms with Gasteiger partial charge in [-0.15, -0.1) is 0 Å². The summed E-state index contributed by atoms with van der Waals surface area (Å²) in [5, 5.41) is 0.